The monoisotopic (exact) mass is 254 g/mol. The molecule has 2 rings (SSSR count). The van der Waals surface area contributed by atoms with Crippen molar-refractivity contribution in [3.8, 4) is 11.5 Å². The third-order valence-electron chi connectivity index (χ3n) is 2.91. The van der Waals surface area contributed by atoms with E-state index < -0.39 is 0 Å². The molecule has 1 heterocycles. The minimum atomic E-state index is 0.123. The lowest BCUT2D eigenvalue weighted by atomic mass is 10.0. The summed E-state index contributed by atoms with van der Waals surface area (Å²) in [5.74, 6) is 1.45. The molecule has 0 fully saturated rings. The first-order valence-corrected chi connectivity index (χ1v) is 6.03. The third-order valence-corrected chi connectivity index (χ3v) is 3.38. The largest absolute Gasteiger partial charge is 0.493 e. The van der Waals surface area contributed by atoms with Crippen LogP contribution in [-0.4, -0.2) is 19.5 Å². The molecule has 0 aliphatic carbocycles. The Morgan fingerprint density at radius 1 is 1.65 bits per heavy atom. The second-order valence-electron chi connectivity index (χ2n) is 4.20. The lowest BCUT2D eigenvalue weighted by molar-refractivity contribution is -0.107. The molecule has 92 valence electrons. The van der Waals surface area contributed by atoms with Crippen molar-refractivity contribution in [2.45, 2.75) is 32.3 Å². The van der Waals surface area contributed by atoms with Crippen LogP contribution in [0.2, 0.25) is 5.02 Å². The number of aldehydes is 1. The average molecular weight is 255 g/mol. The van der Waals surface area contributed by atoms with E-state index in [1.54, 1.807) is 7.11 Å². The van der Waals surface area contributed by atoms with Gasteiger partial charge >= 0.3 is 0 Å². The van der Waals surface area contributed by atoms with Crippen LogP contribution in [0.15, 0.2) is 6.07 Å². The van der Waals surface area contributed by atoms with Crippen molar-refractivity contribution in [3.05, 3.63) is 22.2 Å². The number of methoxy groups -OCH3 is 1. The molecule has 1 aliphatic heterocycles. The van der Waals surface area contributed by atoms with Crippen molar-refractivity contribution in [2.75, 3.05) is 7.11 Å². The summed E-state index contributed by atoms with van der Waals surface area (Å²) in [5.41, 5.74) is 1.95. The highest BCUT2D eigenvalue weighted by atomic mass is 35.5. The number of aryl methyl sites for hydroxylation is 1. The van der Waals surface area contributed by atoms with Gasteiger partial charge in [0.15, 0.2) is 11.5 Å². The number of carbonyl (C=O) groups is 1. The van der Waals surface area contributed by atoms with Crippen molar-refractivity contribution in [3.63, 3.8) is 0 Å². The molecule has 1 aromatic carbocycles. The van der Waals surface area contributed by atoms with Gasteiger partial charge in [-0.3, -0.25) is 0 Å². The summed E-state index contributed by atoms with van der Waals surface area (Å²) in [6.07, 6.45) is 2.92. The van der Waals surface area contributed by atoms with Gasteiger partial charge in [0.1, 0.15) is 12.4 Å². The average Bonchev–Trinajstić information content (AvgIpc) is 2.71. The third kappa shape index (κ3) is 2.25. The number of ether oxygens (including phenoxy) is 2. The molecule has 4 heteroatoms. The van der Waals surface area contributed by atoms with Crippen LogP contribution in [0.1, 0.15) is 24.5 Å². The first-order chi connectivity index (χ1) is 8.17. The highest BCUT2D eigenvalue weighted by Gasteiger charge is 2.27. The zero-order valence-corrected chi connectivity index (χ0v) is 10.7. The molecule has 0 spiro atoms. The Morgan fingerprint density at radius 3 is 3.06 bits per heavy atom. The highest BCUT2D eigenvalue weighted by molar-refractivity contribution is 6.32. The zero-order valence-electron chi connectivity index (χ0n) is 9.96. The fourth-order valence-corrected chi connectivity index (χ4v) is 2.43. The molecule has 0 bridgehead atoms. The predicted molar refractivity (Wildman–Crippen MR) is 66.2 cm³/mol. The summed E-state index contributed by atoms with van der Waals surface area (Å²) in [6, 6.07) is 1.86. The van der Waals surface area contributed by atoms with E-state index in [2.05, 4.69) is 0 Å². The quantitative estimate of drug-likeness (QED) is 0.775. The van der Waals surface area contributed by atoms with Gasteiger partial charge in [-0.25, -0.2) is 0 Å². The summed E-state index contributed by atoms with van der Waals surface area (Å²) >= 11 is 6.33. The highest BCUT2D eigenvalue weighted by Crippen LogP contribution is 2.44. The summed E-state index contributed by atoms with van der Waals surface area (Å²) in [6.45, 7) is 2.00. The number of carbonyl (C=O) groups excluding carboxylic acids is 1. The van der Waals surface area contributed by atoms with Crippen LogP contribution in [-0.2, 0) is 17.6 Å². The van der Waals surface area contributed by atoms with E-state index in [0.29, 0.717) is 23.6 Å². The Hall–Kier alpha value is -1.22. The summed E-state index contributed by atoms with van der Waals surface area (Å²) in [5, 5.41) is 0.715. The molecule has 0 radical (unpaired) electrons. The van der Waals surface area contributed by atoms with Crippen LogP contribution in [0.25, 0.3) is 0 Å². The molecule has 3 nitrogen and oxygen atoms in total. The molecule has 1 unspecified atom stereocenters. The zero-order chi connectivity index (χ0) is 12.4. The maximum Gasteiger partial charge on any atom is 0.166 e. The fourth-order valence-electron chi connectivity index (χ4n) is 2.12. The van der Waals surface area contributed by atoms with Gasteiger partial charge in [0.2, 0.25) is 0 Å². The van der Waals surface area contributed by atoms with Gasteiger partial charge in [0.05, 0.1) is 12.1 Å². The maximum atomic E-state index is 10.4. The fraction of sp³-hybridized carbons (Fsp3) is 0.462. The Bertz CT molecular complexity index is 443. The number of hydrogen-bond donors (Lipinski definition) is 0. The SMILES string of the molecule is COc1cc(CCC=O)c(Cl)c2c1OC(C)C2. The normalized spacial score (nSPS) is 17.5. The van der Waals surface area contributed by atoms with E-state index in [-0.39, 0.29) is 6.10 Å². The van der Waals surface area contributed by atoms with Crippen LogP contribution < -0.4 is 9.47 Å². The molecule has 0 saturated carbocycles. The lowest BCUT2D eigenvalue weighted by Gasteiger charge is -2.12. The molecule has 1 aromatic rings. The van der Waals surface area contributed by atoms with E-state index in [4.69, 9.17) is 21.1 Å². The Morgan fingerprint density at radius 2 is 2.41 bits per heavy atom. The molecule has 1 aliphatic rings. The van der Waals surface area contributed by atoms with Gasteiger partial charge in [0, 0.05) is 18.4 Å². The van der Waals surface area contributed by atoms with Crippen LogP contribution in [0, 0.1) is 0 Å². The van der Waals surface area contributed by atoms with Gasteiger partial charge in [-0.2, -0.15) is 0 Å². The number of fused-ring (bicyclic) bond motifs is 1. The smallest absolute Gasteiger partial charge is 0.166 e. The molecule has 0 N–H and O–H groups in total. The maximum absolute atomic E-state index is 10.4. The standard InChI is InChI=1S/C13H15ClO3/c1-8-6-10-12(14)9(4-3-5-15)7-11(16-2)13(10)17-8/h5,7-8H,3-4,6H2,1-2H3. The number of hydrogen-bond acceptors (Lipinski definition) is 3. The van der Waals surface area contributed by atoms with Crippen LogP contribution >= 0.6 is 11.6 Å². The van der Waals surface area contributed by atoms with Gasteiger partial charge < -0.3 is 14.3 Å². The Labute approximate surface area is 106 Å². The van der Waals surface area contributed by atoms with Crippen LogP contribution in [0.3, 0.4) is 0 Å². The second-order valence-corrected chi connectivity index (χ2v) is 4.58. The first-order valence-electron chi connectivity index (χ1n) is 5.66. The Kier molecular flexibility index (Phi) is 3.57. The number of benzene rings is 1. The summed E-state index contributed by atoms with van der Waals surface area (Å²) in [4.78, 5) is 10.4. The number of rotatable bonds is 4. The lowest BCUT2D eigenvalue weighted by Crippen LogP contribution is -2.05. The van der Waals surface area contributed by atoms with Crippen molar-refractivity contribution in [1.29, 1.82) is 0 Å². The summed E-state index contributed by atoms with van der Waals surface area (Å²) in [7, 11) is 1.61. The van der Waals surface area contributed by atoms with Gasteiger partial charge in [-0.15, -0.1) is 0 Å². The Balaban J connectivity index is 2.43. The molecule has 17 heavy (non-hydrogen) atoms. The van der Waals surface area contributed by atoms with E-state index in [1.165, 1.54) is 0 Å². The van der Waals surface area contributed by atoms with Gasteiger partial charge in [0.25, 0.3) is 0 Å². The van der Waals surface area contributed by atoms with Crippen molar-refractivity contribution in [2.24, 2.45) is 0 Å². The van der Waals surface area contributed by atoms with Crippen molar-refractivity contribution < 1.29 is 14.3 Å². The minimum Gasteiger partial charge on any atom is -0.493 e. The van der Waals surface area contributed by atoms with E-state index in [9.17, 15) is 4.79 Å². The molecular weight excluding hydrogens is 240 g/mol. The molecule has 1 atom stereocenters. The first kappa shape index (κ1) is 12.2. The molecule has 0 saturated heterocycles. The topological polar surface area (TPSA) is 35.5 Å². The summed E-state index contributed by atoms with van der Waals surface area (Å²) < 4.78 is 11.0. The van der Waals surface area contributed by atoms with Crippen molar-refractivity contribution >= 4 is 17.9 Å². The van der Waals surface area contributed by atoms with E-state index in [1.807, 2.05) is 13.0 Å². The van der Waals surface area contributed by atoms with Gasteiger partial charge in [-0.1, -0.05) is 11.6 Å². The molecular formula is C13H15ClO3. The predicted octanol–water partition coefficient (Wildman–Crippen LogP) is 2.80. The van der Waals surface area contributed by atoms with Gasteiger partial charge in [-0.05, 0) is 25.0 Å². The molecule has 0 aromatic heterocycles. The van der Waals surface area contributed by atoms with E-state index in [0.717, 1.165) is 29.6 Å². The van der Waals surface area contributed by atoms with Crippen LogP contribution in [0.5, 0.6) is 11.5 Å². The van der Waals surface area contributed by atoms with Crippen LogP contribution in [0.4, 0.5) is 0 Å². The molecule has 0 amide bonds. The minimum absolute atomic E-state index is 0.123. The van der Waals surface area contributed by atoms with Crippen molar-refractivity contribution in [1.82, 2.24) is 0 Å². The van der Waals surface area contributed by atoms with E-state index >= 15 is 0 Å². The number of halogens is 1. The second kappa shape index (κ2) is 4.96.